The summed E-state index contributed by atoms with van der Waals surface area (Å²) >= 11 is 0. The Morgan fingerprint density at radius 1 is 1.07 bits per heavy atom. The van der Waals surface area contributed by atoms with Gasteiger partial charge in [-0.2, -0.15) is 0 Å². The zero-order valence-corrected chi connectivity index (χ0v) is 15.6. The Bertz CT molecular complexity index is 950. The molecule has 2 aliphatic rings. The molecule has 0 aliphatic carbocycles. The lowest BCUT2D eigenvalue weighted by molar-refractivity contribution is -0.119. The molecular weight excluding hydrogens is 340 g/mol. The van der Waals surface area contributed by atoms with Crippen LogP contribution in [0.25, 0.3) is 0 Å². The molecule has 4 rings (SSSR count). The third kappa shape index (κ3) is 2.93. The molecule has 0 unspecified atom stereocenters. The van der Waals surface area contributed by atoms with E-state index in [4.69, 9.17) is 0 Å². The first kappa shape index (κ1) is 17.5. The van der Waals surface area contributed by atoms with Crippen LogP contribution in [0.4, 0.5) is 5.69 Å². The van der Waals surface area contributed by atoms with Gasteiger partial charge in [-0.1, -0.05) is 29.8 Å². The van der Waals surface area contributed by atoms with Crippen molar-refractivity contribution in [3.8, 4) is 0 Å². The number of nitrogens with zero attached hydrogens (tertiary/aromatic N) is 2. The molecule has 138 valence electrons. The number of rotatable bonds is 4. The van der Waals surface area contributed by atoms with Crippen molar-refractivity contribution in [2.75, 3.05) is 11.4 Å². The summed E-state index contributed by atoms with van der Waals surface area (Å²) in [6.45, 7) is 4.21. The lowest BCUT2D eigenvalue weighted by atomic mass is 10.1. The second kappa shape index (κ2) is 6.65. The van der Waals surface area contributed by atoms with Crippen molar-refractivity contribution in [3.63, 3.8) is 0 Å². The van der Waals surface area contributed by atoms with E-state index in [2.05, 4.69) is 6.07 Å². The molecule has 0 spiro atoms. The Kier molecular flexibility index (Phi) is 4.30. The standard InChI is InChI=1S/C22H22N2O3/c1-14-9-10-17-18(12-14)22(27)23(21(17)26)11-5-8-20(25)24-15(2)13-16-6-3-4-7-19(16)24/h3-4,6-7,9-10,12,15H,5,8,11,13H2,1-2H3/t15-/m1/s1. The molecule has 0 radical (unpaired) electrons. The van der Waals surface area contributed by atoms with Gasteiger partial charge in [-0.25, -0.2) is 0 Å². The summed E-state index contributed by atoms with van der Waals surface area (Å²) in [5.74, 6) is -0.478. The van der Waals surface area contributed by atoms with Crippen LogP contribution in [0.2, 0.25) is 0 Å². The monoisotopic (exact) mass is 362 g/mol. The largest absolute Gasteiger partial charge is 0.309 e. The number of imide groups is 1. The van der Waals surface area contributed by atoms with Crippen molar-refractivity contribution in [3.05, 3.63) is 64.7 Å². The molecule has 3 amide bonds. The van der Waals surface area contributed by atoms with Gasteiger partial charge in [0.1, 0.15) is 0 Å². The molecule has 2 aromatic rings. The summed E-state index contributed by atoms with van der Waals surface area (Å²) in [4.78, 5) is 40.9. The number of para-hydroxylation sites is 1. The van der Waals surface area contributed by atoms with Gasteiger partial charge in [0.25, 0.3) is 11.8 Å². The molecule has 0 fully saturated rings. The number of aryl methyl sites for hydroxylation is 1. The van der Waals surface area contributed by atoms with Crippen LogP contribution in [0.5, 0.6) is 0 Å². The summed E-state index contributed by atoms with van der Waals surface area (Å²) in [6, 6.07) is 13.4. The number of hydrogen-bond donors (Lipinski definition) is 0. The zero-order valence-electron chi connectivity index (χ0n) is 15.6. The summed E-state index contributed by atoms with van der Waals surface area (Å²) in [6.07, 6.45) is 1.64. The fourth-order valence-corrected chi connectivity index (χ4v) is 4.06. The lowest BCUT2D eigenvalue weighted by Gasteiger charge is -2.23. The molecule has 1 atom stereocenters. The van der Waals surface area contributed by atoms with Gasteiger partial charge in [0, 0.05) is 24.7 Å². The maximum atomic E-state index is 12.8. The highest BCUT2D eigenvalue weighted by Gasteiger charge is 2.35. The van der Waals surface area contributed by atoms with Gasteiger partial charge in [0.05, 0.1) is 11.1 Å². The fraction of sp³-hybridized carbons (Fsp3) is 0.318. The molecule has 5 heteroatoms. The van der Waals surface area contributed by atoms with Crippen LogP contribution >= 0.6 is 0 Å². The highest BCUT2D eigenvalue weighted by atomic mass is 16.2. The topological polar surface area (TPSA) is 57.7 Å². The Labute approximate surface area is 158 Å². The van der Waals surface area contributed by atoms with E-state index in [1.807, 2.05) is 43.0 Å². The Morgan fingerprint density at radius 2 is 1.81 bits per heavy atom. The van der Waals surface area contributed by atoms with Gasteiger partial charge < -0.3 is 4.90 Å². The van der Waals surface area contributed by atoms with Crippen LogP contribution in [0, 0.1) is 6.92 Å². The maximum Gasteiger partial charge on any atom is 0.261 e. The predicted octanol–water partition coefficient (Wildman–Crippen LogP) is 3.35. The van der Waals surface area contributed by atoms with E-state index >= 15 is 0 Å². The number of anilines is 1. The summed E-state index contributed by atoms with van der Waals surface area (Å²) < 4.78 is 0. The molecular formula is C22H22N2O3. The van der Waals surface area contributed by atoms with Crippen molar-refractivity contribution in [2.45, 2.75) is 39.2 Å². The van der Waals surface area contributed by atoms with Crippen LogP contribution in [0.1, 0.15) is 51.6 Å². The van der Waals surface area contributed by atoms with Gasteiger partial charge in [0.15, 0.2) is 0 Å². The average molecular weight is 362 g/mol. The third-order valence-corrected chi connectivity index (χ3v) is 5.37. The molecule has 2 heterocycles. The SMILES string of the molecule is Cc1ccc2c(c1)C(=O)N(CCCC(=O)N1c3ccccc3C[C@H]1C)C2=O. The molecule has 0 saturated heterocycles. The zero-order chi connectivity index (χ0) is 19.1. The van der Waals surface area contributed by atoms with Crippen LogP contribution in [0.15, 0.2) is 42.5 Å². The lowest BCUT2D eigenvalue weighted by Crippen LogP contribution is -2.36. The van der Waals surface area contributed by atoms with Gasteiger partial charge in [-0.3, -0.25) is 19.3 Å². The van der Waals surface area contributed by atoms with Gasteiger partial charge in [-0.05, 0) is 50.5 Å². The van der Waals surface area contributed by atoms with E-state index in [0.29, 0.717) is 24.0 Å². The fourth-order valence-electron chi connectivity index (χ4n) is 4.06. The van der Waals surface area contributed by atoms with E-state index in [0.717, 1.165) is 17.7 Å². The highest BCUT2D eigenvalue weighted by molar-refractivity contribution is 6.21. The third-order valence-electron chi connectivity index (χ3n) is 5.37. The number of benzene rings is 2. The quantitative estimate of drug-likeness (QED) is 0.784. The summed E-state index contributed by atoms with van der Waals surface area (Å²) in [7, 11) is 0. The van der Waals surface area contributed by atoms with E-state index in [1.54, 1.807) is 12.1 Å². The minimum Gasteiger partial charge on any atom is -0.309 e. The molecule has 0 saturated carbocycles. The second-order valence-electron chi connectivity index (χ2n) is 7.36. The van der Waals surface area contributed by atoms with Crippen LogP contribution in [-0.4, -0.2) is 35.2 Å². The normalized spacial score (nSPS) is 18.1. The smallest absolute Gasteiger partial charge is 0.261 e. The van der Waals surface area contributed by atoms with Crippen molar-refractivity contribution < 1.29 is 14.4 Å². The second-order valence-corrected chi connectivity index (χ2v) is 7.36. The van der Waals surface area contributed by atoms with E-state index in [1.165, 1.54) is 10.5 Å². The minimum atomic E-state index is -0.262. The first-order valence-electron chi connectivity index (χ1n) is 9.34. The molecule has 5 nitrogen and oxygen atoms in total. The van der Waals surface area contributed by atoms with Gasteiger partial charge in [-0.15, -0.1) is 0 Å². The predicted molar refractivity (Wildman–Crippen MR) is 103 cm³/mol. The first-order valence-corrected chi connectivity index (χ1v) is 9.34. The number of amides is 3. The molecule has 0 N–H and O–H groups in total. The molecule has 2 aliphatic heterocycles. The van der Waals surface area contributed by atoms with Crippen molar-refractivity contribution in [1.29, 1.82) is 0 Å². The maximum absolute atomic E-state index is 12.8. The van der Waals surface area contributed by atoms with Crippen molar-refractivity contribution in [2.24, 2.45) is 0 Å². The summed E-state index contributed by atoms with van der Waals surface area (Å²) in [5.41, 5.74) is 4.04. The Balaban J connectivity index is 1.40. The highest BCUT2D eigenvalue weighted by Crippen LogP contribution is 2.32. The van der Waals surface area contributed by atoms with Crippen molar-refractivity contribution >= 4 is 23.4 Å². The van der Waals surface area contributed by atoms with Crippen molar-refractivity contribution in [1.82, 2.24) is 4.90 Å². The van der Waals surface area contributed by atoms with Crippen LogP contribution < -0.4 is 4.90 Å². The minimum absolute atomic E-state index is 0.0416. The number of hydrogen-bond acceptors (Lipinski definition) is 3. The molecule has 2 aromatic carbocycles. The van der Waals surface area contributed by atoms with Crippen LogP contribution in [-0.2, 0) is 11.2 Å². The first-order chi connectivity index (χ1) is 13.0. The summed E-state index contributed by atoms with van der Waals surface area (Å²) in [5, 5.41) is 0. The number of fused-ring (bicyclic) bond motifs is 2. The molecule has 0 bridgehead atoms. The Morgan fingerprint density at radius 3 is 2.63 bits per heavy atom. The number of carbonyl (C=O) groups is 3. The molecule has 0 aromatic heterocycles. The van der Waals surface area contributed by atoms with Gasteiger partial charge in [0.2, 0.25) is 5.91 Å². The van der Waals surface area contributed by atoms with E-state index in [9.17, 15) is 14.4 Å². The van der Waals surface area contributed by atoms with E-state index in [-0.39, 0.29) is 30.3 Å². The molecule has 27 heavy (non-hydrogen) atoms. The Hall–Kier alpha value is -2.95. The van der Waals surface area contributed by atoms with E-state index < -0.39 is 0 Å². The van der Waals surface area contributed by atoms with Gasteiger partial charge >= 0.3 is 0 Å². The average Bonchev–Trinajstić information content (AvgIpc) is 3.10. The number of carbonyl (C=O) groups excluding carboxylic acids is 3. The van der Waals surface area contributed by atoms with Crippen LogP contribution in [0.3, 0.4) is 0 Å².